The summed E-state index contributed by atoms with van der Waals surface area (Å²) in [5, 5.41) is 0. The molecule has 1 saturated heterocycles. The van der Waals surface area contributed by atoms with E-state index in [0.29, 0.717) is 49.8 Å². The number of hydrogen-bond acceptors (Lipinski definition) is 6. The number of likely N-dealkylation sites (N-methyl/N-ethyl adjacent to an activating group) is 1. The molecule has 0 saturated carbocycles. The fourth-order valence-electron chi connectivity index (χ4n) is 3.46. The van der Waals surface area contributed by atoms with Crippen LogP contribution in [0.15, 0.2) is 48.5 Å². The summed E-state index contributed by atoms with van der Waals surface area (Å²) in [6, 6.07) is 13.6. The molecule has 0 bridgehead atoms. The van der Waals surface area contributed by atoms with Gasteiger partial charge in [0.15, 0.2) is 0 Å². The maximum atomic E-state index is 12.8. The third-order valence-electron chi connectivity index (χ3n) is 5.38. The van der Waals surface area contributed by atoms with Gasteiger partial charge in [-0.1, -0.05) is 12.1 Å². The molecule has 0 unspecified atom stereocenters. The number of ether oxygens (including phenoxy) is 2. The SMILES string of the molecule is COc1ccc(CN(C)C(=O)CN(c2ccc(C(=O)N3CCOCC3)cc2)S(C)(=O)=O)cc1. The molecule has 178 valence electrons. The van der Waals surface area contributed by atoms with E-state index in [4.69, 9.17) is 9.47 Å². The lowest BCUT2D eigenvalue weighted by molar-refractivity contribution is -0.128. The van der Waals surface area contributed by atoms with Crippen LogP contribution < -0.4 is 9.04 Å². The normalized spacial score (nSPS) is 14.0. The number of carbonyl (C=O) groups is 2. The van der Waals surface area contributed by atoms with Gasteiger partial charge in [-0.25, -0.2) is 8.42 Å². The third-order valence-corrected chi connectivity index (χ3v) is 6.52. The fraction of sp³-hybridized carbons (Fsp3) is 0.391. The first kappa shape index (κ1) is 24.5. The van der Waals surface area contributed by atoms with Crippen molar-refractivity contribution in [3.63, 3.8) is 0 Å². The number of hydrogen-bond donors (Lipinski definition) is 0. The molecule has 10 heteroatoms. The van der Waals surface area contributed by atoms with Crippen molar-refractivity contribution < 1.29 is 27.5 Å². The number of morpholine rings is 1. The molecule has 0 atom stereocenters. The van der Waals surface area contributed by atoms with Crippen LogP contribution in [0.4, 0.5) is 5.69 Å². The number of rotatable bonds is 8. The number of anilines is 1. The molecule has 1 fully saturated rings. The number of benzene rings is 2. The Labute approximate surface area is 194 Å². The number of carbonyl (C=O) groups excluding carboxylic acids is 2. The van der Waals surface area contributed by atoms with Crippen molar-refractivity contribution in [1.82, 2.24) is 9.80 Å². The average Bonchev–Trinajstić information content (AvgIpc) is 2.82. The molecule has 1 heterocycles. The summed E-state index contributed by atoms with van der Waals surface area (Å²) in [5.41, 5.74) is 1.67. The van der Waals surface area contributed by atoms with Gasteiger partial charge in [0.05, 0.1) is 32.3 Å². The highest BCUT2D eigenvalue weighted by molar-refractivity contribution is 7.92. The van der Waals surface area contributed by atoms with E-state index in [2.05, 4.69) is 0 Å². The Hall–Kier alpha value is -3.11. The first-order valence-corrected chi connectivity index (χ1v) is 12.4. The second-order valence-electron chi connectivity index (χ2n) is 7.82. The van der Waals surface area contributed by atoms with E-state index in [1.807, 2.05) is 12.1 Å². The summed E-state index contributed by atoms with van der Waals surface area (Å²) >= 11 is 0. The Bertz CT molecular complexity index is 1060. The average molecular weight is 476 g/mol. The molecule has 3 rings (SSSR count). The summed E-state index contributed by atoms with van der Waals surface area (Å²) in [5.74, 6) is 0.224. The first-order valence-electron chi connectivity index (χ1n) is 10.5. The van der Waals surface area contributed by atoms with E-state index in [0.717, 1.165) is 16.1 Å². The fourth-order valence-corrected chi connectivity index (χ4v) is 4.31. The lowest BCUT2D eigenvalue weighted by atomic mass is 10.1. The minimum absolute atomic E-state index is 0.133. The van der Waals surface area contributed by atoms with Crippen LogP contribution in [-0.2, 0) is 26.1 Å². The summed E-state index contributed by atoms with van der Waals surface area (Å²) in [6.07, 6.45) is 1.05. The highest BCUT2D eigenvalue weighted by atomic mass is 32.2. The van der Waals surface area contributed by atoms with Crippen LogP contribution in [0.25, 0.3) is 0 Å². The first-order chi connectivity index (χ1) is 15.7. The molecular formula is C23H29N3O6S. The summed E-state index contributed by atoms with van der Waals surface area (Å²) in [7, 11) is -0.524. The highest BCUT2D eigenvalue weighted by Crippen LogP contribution is 2.20. The molecule has 33 heavy (non-hydrogen) atoms. The molecule has 0 radical (unpaired) electrons. The highest BCUT2D eigenvalue weighted by Gasteiger charge is 2.24. The van der Waals surface area contributed by atoms with Crippen molar-refractivity contribution in [3.05, 3.63) is 59.7 Å². The van der Waals surface area contributed by atoms with Crippen molar-refractivity contribution in [2.45, 2.75) is 6.54 Å². The van der Waals surface area contributed by atoms with Gasteiger partial charge < -0.3 is 19.3 Å². The summed E-state index contributed by atoms with van der Waals surface area (Å²) in [4.78, 5) is 28.6. The van der Waals surface area contributed by atoms with E-state index in [-0.39, 0.29) is 18.4 Å². The molecule has 0 N–H and O–H groups in total. The van der Waals surface area contributed by atoms with Gasteiger partial charge in [-0.2, -0.15) is 0 Å². The van der Waals surface area contributed by atoms with E-state index < -0.39 is 10.0 Å². The van der Waals surface area contributed by atoms with Crippen molar-refractivity contribution in [3.8, 4) is 5.75 Å². The number of amides is 2. The maximum Gasteiger partial charge on any atom is 0.254 e. The van der Waals surface area contributed by atoms with Gasteiger partial charge >= 0.3 is 0 Å². The topological polar surface area (TPSA) is 96.5 Å². The monoisotopic (exact) mass is 475 g/mol. The smallest absolute Gasteiger partial charge is 0.254 e. The Morgan fingerprint density at radius 3 is 2.18 bits per heavy atom. The molecule has 1 aliphatic heterocycles. The molecule has 2 amide bonds. The number of sulfonamides is 1. The largest absolute Gasteiger partial charge is 0.497 e. The molecule has 0 aromatic heterocycles. The van der Waals surface area contributed by atoms with Crippen LogP contribution in [0, 0.1) is 0 Å². The lowest BCUT2D eigenvalue weighted by Crippen LogP contribution is -2.41. The molecule has 0 aliphatic carbocycles. The third kappa shape index (κ3) is 6.45. The predicted octanol–water partition coefficient (Wildman–Crippen LogP) is 1.59. The predicted molar refractivity (Wildman–Crippen MR) is 125 cm³/mol. The standard InChI is InChI=1S/C23H29N3O6S/c1-24(16-18-4-10-21(31-2)11-5-18)22(27)17-26(33(3,29)30)20-8-6-19(7-9-20)23(28)25-12-14-32-15-13-25/h4-11H,12-17H2,1-3H3. The Kier molecular flexibility index (Phi) is 7.93. The van der Waals surface area contributed by atoms with Gasteiger partial charge in [0.1, 0.15) is 12.3 Å². The van der Waals surface area contributed by atoms with Crippen LogP contribution in [-0.4, -0.2) is 83.3 Å². The van der Waals surface area contributed by atoms with Gasteiger partial charge in [-0.05, 0) is 42.0 Å². The zero-order valence-electron chi connectivity index (χ0n) is 19.1. The van der Waals surface area contributed by atoms with E-state index in [9.17, 15) is 18.0 Å². The van der Waals surface area contributed by atoms with Crippen molar-refractivity contribution >= 4 is 27.5 Å². The van der Waals surface area contributed by atoms with Crippen LogP contribution in [0.5, 0.6) is 5.75 Å². The molecule has 1 aliphatic rings. The van der Waals surface area contributed by atoms with Crippen LogP contribution in [0.1, 0.15) is 15.9 Å². The number of nitrogens with zero attached hydrogens (tertiary/aromatic N) is 3. The Balaban J connectivity index is 1.70. The van der Waals surface area contributed by atoms with Crippen molar-refractivity contribution in [2.75, 3.05) is 57.6 Å². The Morgan fingerprint density at radius 1 is 1.03 bits per heavy atom. The minimum Gasteiger partial charge on any atom is -0.497 e. The van der Waals surface area contributed by atoms with Crippen LogP contribution in [0.2, 0.25) is 0 Å². The molecule has 2 aromatic carbocycles. The lowest BCUT2D eigenvalue weighted by Gasteiger charge is -2.27. The minimum atomic E-state index is -3.72. The molecule has 9 nitrogen and oxygen atoms in total. The zero-order valence-corrected chi connectivity index (χ0v) is 19.9. The van der Waals surface area contributed by atoms with E-state index >= 15 is 0 Å². The van der Waals surface area contributed by atoms with Crippen LogP contribution >= 0.6 is 0 Å². The van der Waals surface area contributed by atoms with Crippen molar-refractivity contribution in [2.24, 2.45) is 0 Å². The van der Waals surface area contributed by atoms with Crippen LogP contribution in [0.3, 0.4) is 0 Å². The Morgan fingerprint density at radius 2 is 1.64 bits per heavy atom. The second-order valence-corrected chi connectivity index (χ2v) is 9.73. The quantitative estimate of drug-likeness (QED) is 0.575. The number of methoxy groups -OCH3 is 1. The van der Waals surface area contributed by atoms with Gasteiger partial charge in [0.2, 0.25) is 15.9 Å². The van der Waals surface area contributed by atoms with Crippen molar-refractivity contribution in [1.29, 1.82) is 0 Å². The molecular weight excluding hydrogens is 446 g/mol. The van der Waals surface area contributed by atoms with Gasteiger partial charge in [-0.15, -0.1) is 0 Å². The summed E-state index contributed by atoms with van der Waals surface area (Å²) < 4.78 is 36.3. The van der Waals surface area contributed by atoms with E-state index in [1.54, 1.807) is 55.5 Å². The van der Waals surface area contributed by atoms with Gasteiger partial charge in [0, 0.05) is 32.2 Å². The molecule has 0 spiro atoms. The second kappa shape index (κ2) is 10.7. The van der Waals surface area contributed by atoms with Gasteiger partial charge in [0.25, 0.3) is 5.91 Å². The van der Waals surface area contributed by atoms with E-state index in [1.165, 1.54) is 4.90 Å². The maximum absolute atomic E-state index is 12.8. The van der Waals surface area contributed by atoms with Gasteiger partial charge in [-0.3, -0.25) is 13.9 Å². The summed E-state index contributed by atoms with van der Waals surface area (Å²) in [6.45, 7) is 2.02. The zero-order chi connectivity index (χ0) is 24.0. The molecule has 2 aromatic rings.